The molecule has 2 N–H and O–H groups in total. The Kier molecular flexibility index (Phi) is 4.90. The largest absolute Gasteiger partial charge is 0.487 e. The maximum atomic E-state index is 6.12. The first kappa shape index (κ1) is 18.3. The van der Waals surface area contributed by atoms with Crippen LogP contribution in [0.1, 0.15) is 37.7 Å². The van der Waals surface area contributed by atoms with E-state index in [-0.39, 0.29) is 11.6 Å². The number of aliphatic imine (C=N–C) groups is 1. The van der Waals surface area contributed by atoms with Crippen molar-refractivity contribution in [2.75, 3.05) is 13.6 Å². The van der Waals surface area contributed by atoms with Crippen molar-refractivity contribution < 1.29 is 4.74 Å². The molecule has 1 atom stereocenters. The fourth-order valence-electron chi connectivity index (χ4n) is 3.64. The van der Waals surface area contributed by atoms with Crippen molar-refractivity contribution in [2.24, 2.45) is 4.99 Å². The summed E-state index contributed by atoms with van der Waals surface area (Å²) in [7, 11) is 1.79. The molecule has 1 aromatic carbocycles. The second-order valence-corrected chi connectivity index (χ2v) is 7.59. The van der Waals surface area contributed by atoms with Gasteiger partial charge in [-0.1, -0.05) is 24.3 Å². The number of rotatable bonds is 4. The molecular formula is C21H26N6O. The minimum atomic E-state index is -0.231. The van der Waals surface area contributed by atoms with Gasteiger partial charge in [0.2, 0.25) is 0 Å². The zero-order valence-corrected chi connectivity index (χ0v) is 16.5. The van der Waals surface area contributed by atoms with Crippen LogP contribution < -0.4 is 15.4 Å². The number of nitrogens with zero attached hydrogens (tertiary/aromatic N) is 4. The van der Waals surface area contributed by atoms with Crippen LogP contribution >= 0.6 is 0 Å². The van der Waals surface area contributed by atoms with E-state index < -0.39 is 0 Å². The van der Waals surface area contributed by atoms with E-state index in [1.165, 1.54) is 0 Å². The monoisotopic (exact) mass is 378 g/mol. The number of ether oxygens (including phenoxy) is 1. The molecule has 0 fully saturated rings. The Bertz CT molecular complexity index is 993. The lowest BCUT2D eigenvalue weighted by Gasteiger charge is -2.38. The number of aromatic nitrogens is 3. The van der Waals surface area contributed by atoms with E-state index in [2.05, 4.69) is 45.7 Å². The molecular weight excluding hydrogens is 352 g/mol. The fraction of sp³-hybridized carbons (Fsp3) is 0.381. The normalized spacial score (nSPS) is 18.4. The van der Waals surface area contributed by atoms with Gasteiger partial charge in [0.25, 0.3) is 0 Å². The van der Waals surface area contributed by atoms with Crippen molar-refractivity contribution in [3.63, 3.8) is 0 Å². The first-order valence-corrected chi connectivity index (χ1v) is 9.59. The molecule has 1 aliphatic heterocycles. The van der Waals surface area contributed by atoms with Crippen LogP contribution in [0.5, 0.6) is 5.75 Å². The fourth-order valence-corrected chi connectivity index (χ4v) is 3.64. The summed E-state index contributed by atoms with van der Waals surface area (Å²) >= 11 is 0. The standard InChI is InChI=1S/C21H26N6O/c1-21(2)14-16(15-8-4-5-9-17(15)28-21)24-20(22-3)23-12-11-19-26-25-18-10-6-7-13-27(18)19/h4-10,13,16H,11-12,14H2,1-3H3,(H2,22,23,24). The summed E-state index contributed by atoms with van der Waals surface area (Å²) in [6.07, 6.45) is 3.60. The maximum Gasteiger partial charge on any atom is 0.191 e. The summed E-state index contributed by atoms with van der Waals surface area (Å²) in [6, 6.07) is 14.2. The van der Waals surface area contributed by atoms with E-state index in [0.717, 1.165) is 41.6 Å². The smallest absolute Gasteiger partial charge is 0.191 e. The first-order chi connectivity index (χ1) is 13.6. The summed E-state index contributed by atoms with van der Waals surface area (Å²) < 4.78 is 8.13. The van der Waals surface area contributed by atoms with Crippen molar-refractivity contribution in [3.05, 3.63) is 60.0 Å². The number of hydrogen-bond donors (Lipinski definition) is 2. The van der Waals surface area contributed by atoms with Gasteiger partial charge in [-0.25, -0.2) is 0 Å². The predicted molar refractivity (Wildman–Crippen MR) is 110 cm³/mol. The molecule has 3 heterocycles. The number of hydrogen-bond acceptors (Lipinski definition) is 4. The van der Waals surface area contributed by atoms with E-state index in [9.17, 15) is 0 Å². The Hall–Kier alpha value is -3.09. The molecule has 3 aromatic rings. The minimum absolute atomic E-state index is 0.139. The van der Waals surface area contributed by atoms with Gasteiger partial charge in [-0.05, 0) is 32.0 Å². The third-order valence-corrected chi connectivity index (χ3v) is 4.94. The molecule has 146 valence electrons. The number of nitrogens with one attached hydrogen (secondary N) is 2. The van der Waals surface area contributed by atoms with Gasteiger partial charge >= 0.3 is 0 Å². The van der Waals surface area contributed by atoms with Gasteiger partial charge in [-0.15, -0.1) is 10.2 Å². The second-order valence-electron chi connectivity index (χ2n) is 7.59. The predicted octanol–water partition coefficient (Wildman–Crippen LogP) is 2.74. The topological polar surface area (TPSA) is 75.8 Å². The molecule has 1 unspecified atom stereocenters. The average molecular weight is 378 g/mol. The highest BCUT2D eigenvalue weighted by Gasteiger charge is 2.33. The van der Waals surface area contributed by atoms with Crippen LogP contribution in [0.2, 0.25) is 0 Å². The van der Waals surface area contributed by atoms with Crippen LogP contribution in [-0.4, -0.2) is 39.8 Å². The van der Waals surface area contributed by atoms with Crippen molar-refractivity contribution in [1.82, 2.24) is 25.2 Å². The van der Waals surface area contributed by atoms with E-state index >= 15 is 0 Å². The Balaban J connectivity index is 1.41. The molecule has 7 heteroatoms. The van der Waals surface area contributed by atoms with Gasteiger partial charge in [-0.3, -0.25) is 9.39 Å². The molecule has 1 aliphatic rings. The second kappa shape index (κ2) is 7.50. The Morgan fingerprint density at radius 2 is 2.04 bits per heavy atom. The van der Waals surface area contributed by atoms with Crippen LogP contribution in [0.25, 0.3) is 5.65 Å². The summed E-state index contributed by atoms with van der Waals surface area (Å²) in [6.45, 7) is 4.94. The number of para-hydroxylation sites is 1. The lowest BCUT2D eigenvalue weighted by atomic mass is 9.90. The number of pyridine rings is 1. The van der Waals surface area contributed by atoms with Crippen molar-refractivity contribution in [2.45, 2.75) is 38.3 Å². The molecule has 0 amide bonds. The third kappa shape index (κ3) is 3.78. The molecule has 0 spiro atoms. The molecule has 28 heavy (non-hydrogen) atoms. The Labute approximate surface area is 164 Å². The summed E-state index contributed by atoms with van der Waals surface area (Å²) in [4.78, 5) is 4.39. The lowest BCUT2D eigenvalue weighted by molar-refractivity contribution is 0.0694. The average Bonchev–Trinajstić information content (AvgIpc) is 3.09. The summed E-state index contributed by atoms with van der Waals surface area (Å²) in [5, 5.41) is 15.4. The van der Waals surface area contributed by atoms with Crippen LogP contribution in [0.3, 0.4) is 0 Å². The number of benzene rings is 1. The van der Waals surface area contributed by atoms with Crippen molar-refractivity contribution in [1.29, 1.82) is 0 Å². The highest BCUT2D eigenvalue weighted by Crippen LogP contribution is 2.39. The number of guanidine groups is 1. The molecule has 4 rings (SSSR count). The molecule has 0 aliphatic carbocycles. The highest BCUT2D eigenvalue weighted by molar-refractivity contribution is 5.80. The van der Waals surface area contributed by atoms with E-state index in [0.29, 0.717) is 6.54 Å². The molecule has 2 aromatic heterocycles. The highest BCUT2D eigenvalue weighted by atomic mass is 16.5. The molecule has 0 saturated heterocycles. The summed E-state index contributed by atoms with van der Waals surface area (Å²) in [5.74, 6) is 2.63. The molecule has 7 nitrogen and oxygen atoms in total. The Morgan fingerprint density at radius 1 is 1.21 bits per heavy atom. The van der Waals surface area contributed by atoms with Gasteiger partial charge in [0, 0.05) is 38.2 Å². The lowest BCUT2D eigenvalue weighted by Crippen LogP contribution is -2.45. The van der Waals surface area contributed by atoms with Crippen molar-refractivity contribution >= 4 is 11.6 Å². The van der Waals surface area contributed by atoms with Crippen LogP contribution in [0, 0.1) is 0 Å². The minimum Gasteiger partial charge on any atom is -0.487 e. The SMILES string of the molecule is CN=C(NCCc1nnc2ccccn12)NC1CC(C)(C)Oc2ccccc21. The van der Waals surface area contributed by atoms with Gasteiger partial charge in [0.05, 0.1) is 6.04 Å². The van der Waals surface area contributed by atoms with Gasteiger partial charge in [0.1, 0.15) is 17.2 Å². The van der Waals surface area contributed by atoms with Crippen LogP contribution in [0.4, 0.5) is 0 Å². The maximum absolute atomic E-state index is 6.12. The first-order valence-electron chi connectivity index (χ1n) is 9.59. The number of fused-ring (bicyclic) bond motifs is 2. The van der Waals surface area contributed by atoms with Crippen LogP contribution in [0.15, 0.2) is 53.7 Å². The quantitative estimate of drug-likeness (QED) is 0.539. The Morgan fingerprint density at radius 3 is 2.89 bits per heavy atom. The van der Waals surface area contributed by atoms with Gasteiger partial charge in [-0.2, -0.15) is 0 Å². The third-order valence-electron chi connectivity index (χ3n) is 4.94. The summed E-state index contributed by atoms with van der Waals surface area (Å²) in [5.41, 5.74) is 1.79. The van der Waals surface area contributed by atoms with Crippen molar-refractivity contribution in [3.8, 4) is 5.75 Å². The zero-order valence-electron chi connectivity index (χ0n) is 16.5. The zero-order chi connectivity index (χ0) is 19.6. The van der Waals surface area contributed by atoms with E-state index in [1.54, 1.807) is 7.05 Å². The molecule has 0 bridgehead atoms. The van der Waals surface area contributed by atoms with E-state index in [4.69, 9.17) is 4.74 Å². The van der Waals surface area contributed by atoms with E-state index in [1.807, 2.05) is 47.0 Å². The van der Waals surface area contributed by atoms with Gasteiger partial charge in [0.15, 0.2) is 11.6 Å². The van der Waals surface area contributed by atoms with Crippen LogP contribution in [-0.2, 0) is 6.42 Å². The molecule has 0 radical (unpaired) electrons. The molecule has 0 saturated carbocycles. The van der Waals surface area contributed by atoms with Gasteiger partial charge < -0.3 is 15.4 Å².